The minimum atomic E-state index is 1.17. The van der Waals surface area contributed by atoms with Crippen LogP contribution in [0.2, 0.25) is 0 Å². The van der Waals surface area contributed by atoms with Crippen LogP contribution in [-0.2, 0) is 0 Å². The number of hydrogen-bond acceptors (Lipinski definition) is 0. The molecule has 0 heterocycles. The van der Waals surface area contributed by atoms with Crippen molar-refractivity contribution in [1.82, 2.24) is 0 Å². The summed E-state index contributed by atoms with van der Waals surface area (Å²) in [6, 6.07) is 98.0. The fourth-order valence-corrected chi connectivity index (χ4v) is 11.1. The van der Waals surface area contributed by atoms with E-state index in [9.17, 15) is 0 Å². The Kier molecular flexibility index (Phi) is 11.0. The summed E-state index contributed by atoms with van der Waals surface area (Å²) in [6.07, 6.45) is 8.80. The number of benzene rings is 13. The van der Waals surface area contributed by atoms with Crippen molar-refractivity contribution in [2.24, 2.45) is 0 Å². The summed E-state index contributed by atoms with van der Waals surface area (Å²) in [5, 5.41) is 12.3. The van der Waals surface area contributed by atoms with Gasteiger partial charge in [-0.2, -0.15) is 0 Å². The lowest BCUT2D eigenvalue weighted by Crippen LogP contribution is -1.95. The van der Waals surface area contributed by atoms with Crippen molar-refractivity contribution >= 4 is 78.2 Å². The van der Waals surface area contributed by atoms with Crippen LogP contribution in [0.25, 0.3) is 134 Å². The molecule has 13 aromatic rings. The van der Waals surface area contributed by atoms with Gasteiger partial charge in [-0.25, -0.2) is 0 Å². The van der Waals surface area contributed by atoms with Crippen molar-refractivity contribution in [3.05, 3.63) is 289 Å². The standard InChI is InChI=1S/C72H48/c1-3-18-49(19-4-1)36-38-51-22-15-26-55(46-51)58-42-44-67(63-30-11-9-28-61(58)63)70-65-32-13-14-33-66(65)72(71-60(34-17-35-69(70)71)57-41-40-53-24-7-8-25-54(53)48-57)68-45-43-59(62-29-10-12-31-64(62)68)56-27-16-23-52(47-56)39-37-50-20-5-2-6-21-50/h1-48H/b38-36+,39-37+. The molecule has 0 amide bonds. The first kappa shape index (κ1) is 42.7. The Balaban J connectivity index is 1.04. The van der Waals surface area contributed by atoms with E-state index in [0.717, 1.165) is 0 Å². The summed E-state index contributed by atoms with van der Waals surface area (Å²) in [5.74, 6) is 0. The van der Waals surface area contributed by atoms with Crippen molar-refractivity contribution in [2.45, 2.75) is 0 Å². The van der Waals surface area contributed by atoms with Crippen molar-refractivity contribution in [1.29, 1.82) is 0 Å². The van der Waals surface area contributed by atoms with E-state index in [0.29, 0.717) is 0 Å². The minimum Gasteiger partial charge on any atom is -0.0622 e. The van der Waals surface area contributed by atoms with E-state index in [2.05, 4.69) is 291 Å². The van der Waals surface area contributed by atoms with Gasteiger partial charge in [0.25, 0.3) is 0 Å². The molecular formula is C72H48. The second-order valence-electron chi connectivity index (χ2n) is 18.7. The topological polar surface area (TPSA) is 0 Å². The summed E-state index contributed by atoms with van der Waals surface area (Å²) < 4.78 is 0. The molecule has 0 heteroatoms. The van der Waals surface area contributed by atoms with Gasteiger partial charge in [0.05, 0.1) is 0 Å². The van der Waals surface area contributed by atoms with Crippen LogP contribution in [0, 0.1) is 0 Å². The second-order valence-corrected chi connectivity index (χ2v) is 18.7. The van der Waals surface area contributed by atoms with E-state index in [4.69, 9.17) is 0 Å². The zero-order valence-corrected chi connectivity index (χ0v) is 39.7. The molecule has 0 fully saturated rings. The van der Waals surface area contributed by atoms with Crippen molar-refractivity contribution in [3.8, 4) is 55.6 Å². The Morgan fingerprint density at radius 1 is 0.194 bits per heavy atom. The van der Waals surface area contributed by atoms with Crippen LogP contribution >= 0.6 is 0 Å². The van der Waals surface area contributed by atoms with Gasteiger partial charge in [-0.3, -0.25) is 0 Å². The fraction of sp³-hybridized carbons (Fsp3) is 0. The number of fused-ring (bicyclic) bond motifs is 5. The molecule has 0 aliphatic rings. The van der Waals surface area contributed by atoms with Gasteiger partial charge in [-0.15, -0.1) is 0 Å². The maximum Gasteiger partial charge on any atom is -0.00139 e. The van der Waals surface area contributed by atoms with Gasteiger partial charge in [0.15, 0.2) is 0 Å². The van der Waals surface area contributed by atoms with Gasteiger partial charge < -0.3 is 0 Å². The molecule has 0 aliphatic heterocycles. The highest BCUT2D eigenvalue weighted by Gasteiger charge is 2.23. The zero-order valence-electron chi connectivity index (χ0n) is 39.7. The summed E-state index contributed by atoms with van der Waals surface area (Å²) in [5.41, 5.74) is 16.9. The SMILES string of the molecule is C(=C\c1cccc(-c2ccc(-c3c4ccccc4c(-c4ccc(-c5cccc(/C=C/c6ccccc6)c5)c5ccccc45)c4c(-c5ccc6ccccc6c5)cccc34)c3ccccc23)c1)/c1ccccc1. The van der Waals surface area contributed by atoms with Crippen LogP contribution in [0.1, 0.15) is 22.3 Å². The lowest BCUT2D eigenvalue weighted by molar-refractivity contribution is 1.61. The summed E-state index contributed by atoms with van der Waals surface area (Å²) in [4.78, 5) is 0. The molecule has 0 unspecified atom stereocenters. The Morgan fingerprint density at radius 3 is 1.15 bits per heavy atom. The predicted molar refractivity (Wildman–Crippen MR) is 312 cm³/mol. The maximum absolute atomic E-state index is 2.38. The van der Waals surface area contributed by atoms with Crippen LogP contribution in [0.3, 0.4) is 0 Å². The van der Waals surface area contributed by atoms with Crippen LogP contribution in [0.5, 0.6) is 0 Å². The van der Waals surface area contributed by atoms with E-state index in [1.807, 2.05) is 0 Å². The monoisotopic (exact) mass is 912 g/mol. The Morgan fingerprint density at radius 2 is 0.583 bits per heavy atom. The van der Waals surface area contributed by atoms with E-state index >= 15 is 0 Å². The van der Waals surface area contributed by atoms with Crippen molar-refractivity contribution in [3.63, 3.8) is 0 Å². The van der Waals surface area contributed by atoms with Gasteiger partial charge in [0.1, 0.15) is 0 Å². The molecule has 0 aromatic heterocycles. The highest BCUT2D eigenvalue weighted by atomic mass is 14.3. The molecule has 0 saturated heterocycles. The molecule has 0 atom stereocenters. The quantitative estimate of drug-likeness (QED) is 0.1000. The minimum absolute atomic E-state index is 1.17. The summed E-state index contributed by atoms with van der Waals surface area (Å²) >= 11 is 0. The molecule has 0 radical (unpaired) electrons. The smallest absolute Gasteiger partial charge is 0.00139 e. The predicted octanol–water partition coefficient (Wildman–Crippen LogP) is 20.1. The van der Waals surface area contributed by atoms with Gasteiger partial charge in [0, 0.05) is 0 Å². The van der Waals surface area contributed by atoms with Crippen molar-refractivity contribution < 1.29 is 0 Å². The number of rotatable bonds is 9. The van der Waals surface area contributed by atoms with E-state index in [-0.39, 0.29) is 0 Å². The van der Waals surface area contributed by atoms with E-state index < -0.39 is 0 Å². The first-order valence-electron chi connectivity index (χ1n) is 24.9. The molecular weight excluding hydrogens is 865 g/mol. The van der Waals surface area contributed by atoms with Crippen LogP contribution < -0.4 is 0 Å². The Bertz CT molecular complexity index is 4250. The summed E-state index contributed by atoms with van der Waals surface area (Å²) in [6.45, 7) is 0. The molecule has 0 aliphatic carbocycles. The van der Waals surface area contributed by atoms with Crippen LogP contribution in [0.15, 0.2) is 267 Å². The third kappa shape index (κ3) is 7.86. The molecule has 0 N–H and O–H groups in total. The Hall–Kier alpha value is -9.36. The number of hydrogen-bond donors (Lipinski definition) is 0. The molecule has 0 saturated carbocycles. The normalized spacial score (nSPS) is 11.8. The van der Waals surface area contributed by atoms with Crippen LogP contribution in [-0.4, -0.2) is 0 Å². The molecule has 0 spiro atoms. The first-order valence-corrected chi connectivity index (χ1v) is 24.9. The molecule has 0 bridgehead atoms. The summed E-state index contributed by atoms with van der Waals surface area (Å²) in [7, 11) is 0. The third-order valence-electron chi connectivity index (χ3n) is 14.4. The molecule has 0 nitrogen and oxygen atoms in total. The first-order chi connectivity index (χ1) is 35.7. The van der Waals surface area contributed by atoms with Gasteiger partial charge in [-0.05, 0) is 150 Å². The van der Waals surface area contributed by atoms with Gasteiger partial charge in [-0.1, -0.05) is 273 Å². The molecule has 336 valence electrons. The highest BCUT2D eigenvalue weighted by molar-refractivity contribution is 6.28. The lowest BCUT2D eigenvalue weighted by atomic mass is 9.80. The third-order valence-corrected chi connectivity index (χ3v) is 14.4. The molecule has 13 rings (SSSR count). The van der Waals surface area contributed by atoms with Crippen molar-refractivity contribution in [2.75, 3.05) is 0 Å². The van der Waals surface area contributed by atoms with E-state index in [1.165, 1.54) is 132 Å². The zero-order chi connectivity index (χ0) is 47.8. The average molecular weight is 913 g/mol. The fourth-order valence-electron chi connectivity index (χ4n) is 11.1. The second kappa shape index (κ2) is 18.5. The molecule has 72 heavy (non-hydrogen) atoms. The molecule has 13 aromatic carbocycles. The van der Waals surface area contributed by atoms with Gasteiger partial charge >= 0.3 is 0 Å². The lowest BCUT2D eigenvalue weighted by Gasteiger charge is -2.23. The van der Waals surface area contributed by atoms with E-state index in [1.54, 1.807) is 0 Å². The van der Waals surface area contributed by atoms with Gasteiger partial charge in [0.2, 0.25) is 0 Å². The highest BCUT2D eigenvalue weighted by Crippen LogP contribution is 2.51. The van der Waals surface area contributed by atoms with Crippen LogP contribution in [0.4, 0.5) is 0 Å². The Labute approximate surface area is 420 Å². The maximum atomic E-state index is 2.38. The largest absolute Gasteiger partial charge is 0.0622 e. The average Bonchev–Trinajstić information content (AvgIpc) is 3.45.